The molecule has 1 N–H and O–H groups in total. The first kappa shape index (κ1) is 54.4. The molecule has 1 aliphatic heterocycles. The molecule has 1 amide bonds. The Kier molecular flexibility index (Phi) is 42.2. The number of nitrogens with one attached hydrogen (secondary N) is 1. The SMILES string of the molecule is CC(C)(C)OC(=O)NC[C]=[C][C@@H]1c2c(ccc(F)c2F)OC[C@@H]1C(C)(C)F.[C-]#[O+].[C-]#[O+].[C-]#[O+].[C-]#[O+].[C-]#[O+].[C-]#[O+].[Co].[Co]. The van der Waals surface area contributed by atoms with E-state index in [1.807, 2.05) is 0 Å². The molecule has 10 nitrogen and oxygen atoms in total. The number of benzene rings is 1. The number of halogens is 3. The topological polar surface area (TPSA) is 167 Å². The summed E-state index contributed by atoms with van der Waals surface area (Å²) in [6, 6.07) is 2.27. The van der Waals surface area contributed by atoms with E-state index in [1.54, 1.807) is 20.8 Å². The third-order valence-electron chi connectivity index (χ3n) is 4.08. The molecule has 4 radical (unpaired) electrons. The predicted octanol–water partition coefficient (Wildman–Crippen LogP) is 4.26. The Labute approximate surface area is 257 Å². The summed E-state index contributed by atoms with van der Waals surface area (Å²) in [5.41, 5.74) is -2.48. The molecule has 2 rings (SSSR count). The van der Waals surface area contributed by atoms with Crippen LogP contribution in [0.2, 0.25) is 0 Å². The molecule has 1 aliphatic rings. The first-order valence-corrected chi connectivity index (χ1v) is 9.87. The maximum atomic E-state index is 14.6. The summed E-state index contributed by atoms with van der Waals surface area (Å²) in [6.07, 6.45) is 4.81. The van der Waals surface area contributed by atoms with Crippen LogP contribution in [0.25, 0.3) is 0 Å². The number of allylic oxidation sites excluding steroid dienone is 1. The minimum absolute atomic E-state index is 0. The number of hydrogen-bond donors (Lipinski definition) is 1. The molecule has 0 spiro atoms. The Morgan fingerprint density at radius 3 is 1.78 bits per heavy atom. The van der Waals surface area contributed by atoms with Gasteiger partial charge in [0.1, 0.15) is 17.0 Å². The van der Waals surface area contributed by atoms with E-state index in [2.05, 4.69) is 57.4 Å². The van der Waals surface area contributed by atoms with Crippen molar-refractivity contribution in [1.82, 2.24) is 5.32 Å². The largest absolute Gasteiger partial charge is 0 e. The van der Waals surface area contributed by atoms with Gasteiger partial charge < -0.3 is 14.8 Å². The average molecular weight is 669 g/mol. The Morgan fingerprint density at radius 2 is 1.39 bits per heavy atom. The molecular formula is C26H24Co2F3NO9. The molecule has 1 aromatic rings. The van der Waals surface area contributed by atoms with Gasteiger partial charge in [-0.25, -0.2) is 18.0 Å². The van der Waals surface area contributed by atoms with E-state index in [9.17, 15) is 18.0 Å². The fraction of sp³-hybridized carbons (Fsp3) is 0.423. The van der Waals surface area contributed by atoms with Crippen LogP contribution in [0.4, 0.5) is 18.0 Å². The number of alkyl halides is 1. The quantitative estimate of drug-likeness (QED) is 0.375. The molecule has 0 bridgehead atoms. The minimum atomic E-state index is -1.73. The Bertz CT molecular complexity index is 948. The fourth-order valence-electron chi connectivity index (χ4n) is 2.80. The molecule has 1 aromatic carbocycles. The van der Waals surface area contributed by atoms with E-state index in [1.165, 1.54) is 19.9 Å². The maximum Gasteiger partial charge on any atom is 0 e. The van der Waals surface area contributed by atoms with Crippen LogP contribution < -0.4 is 10.1 Å². The number of hydrogen-bond acceptors (Lipinski definition) is 3. The molecule has 0 saturated carbocycles. The number of rotatable bonds is 4. The molecule has 0 saturated heterocycles. The normalized spacial score (nSPS) is 13.6. The van der Waals surface area contributed by atoms with Crippen molar-refractivity contribution in [3.05, 3.63) is 81.4 Å². The number of carbonyl (C=O) groups excluding carboxylic acids is 1. The first-order chi connectivity index (χ1) is 18.4. The van der Waals surface area contributed by atoms with Gasteiger partial charge in [-0.3, -0.25) is 0 Å². The molecule has 226 valence electrons. The number of amides is 1. The third-order valence-corrected chi connectivity index (χ3v) is 4.08. The van der Waals surface area contributed by atoms with Crippen molar-refractivity contribution in [1.29, 1.82) is 0 Å². The molecule has 0 unspecified atom stereocenters. The van der Waals surface area contributed by atoms with E-state index >= 15 is 0 Å². The van der Waals surface area contributed by atoms with Gasteiger partial charge in [-0.1, -0.05) is 0 Å². The molecule has 2 atom stereocenters. The summed E-state index contributed by atoms with van der Waals surface area (Å²) >= 11 is 0. The van der Waals surface area contributed by atoms with Crippen LogP contribution in [0.15, 0.2) is 12.1 Å². The number of carbonyl (C=O) groups is 1. The minimum Gasteiger partial charge on any atom is 0 e. The summed E-state index contributed by atoms with van der Waals surface area (Å²) in [5, 5.41) is 2.45. The van der Waals surface area contributed by atoms with Crippen LogP contribution in [-0.2, 0) is 66.2 Å². The average Bonchev–Trinajstić information content (AvgIpc) is 2.93. The zero-order valence-electron chi connectivity index (χ0n) is 22.2. The van der Waals surface area contributed by atoms with Crippen LogP contribution in [-0.4, -0.2) is 30.5 Å². The van der Waals surface area contributed by atoms with Gasteiger partial charge in [0.05, 0.1) is 6.61 Å². The Hall–Kier alpha value is -2.73. The van der Waals surface area contributed by atoms with Gasteiger partial charge in [0.2, 0.25) is 0 Å². The van der Waals surface area contributed by atoms with Crippen molar-refractivity contribution in [2.75, 3.05) is 13.2 Å². The molecular weight excluding hydrogens is 645 g/mol. The molecule has 0 aliphatic carbocycles. The zero-order chi connectivity index (χ0) is 32.4. The van der Waals surface area contributed by atoms with Crippen molar-refractivity contribution in [2.45, 2.75) is 51.8 Å². The second-order valence-corrected chi connectivity index (χ2v) is 7.91. The fourth-order valence-corrected chi connectivity index (χ4v) is 2.80. The van der Waals surface area contributed by atoms with Crippen LogP contribution in [0, 0.1) is 69.6 Å². The zero-order valence-corrected chi connectivity index (χ0v) is 24.3. The van der Waals surface area contributed by atoms with Gasteiger partial charge in [0.25, 0.3) is 0 Å². The van der Waals surface area contributed by atoms with Crippen molar-refractivity contribution in [2.24, 2.45) is 5.92 Å². The standard InChI is InChI=1S/C20H24F3NO3.6CO.2Co/c1-19(2,3)27-18(25)24-10-6-7-12-13(20(4,5)23)11-26-15-9-8-14(21)17(22)16(12)15;6*1-2;;/h8-9,12-13H,10-11H2,1-5H3,(H,24,25);;;;;;;;/t12-,13-;;;;;;;;/m0......../s1. The smallest absolute Gasteiger partial charge is 0 e. The Balaban J connectivity index is -0.000000146. The van der Waals surface area contributed by atoms with E-state index in [0.29, 0.717) is 0 Å². The van der Waals surface area contributed by atoms with Gasteiger partial charge in [-0.15, -0.1) is 0 Å². The van der Waals surface area contributed by atoms with Crippen molar-refractivity contribution >= 4 is 6.09 Å². The van der Waals surface area contributed by atoms with Crippen LogP contribution in [0.1, 0.15) is 46.1 Å². The molecule has 1 heterocycles. The molecule has 0 fully saturated rings. The molecule has 0 aromatic heterocycles. The summed E-state index contributed by atoms with van der Waals surface area (Å²) in [5.74, 6) is -3.71. The summed E-state index contributed by atoms with van der Waals surface area (Å²) in [6.45, 7) is 34.8. The van der Waals surface area contributed by atoms with Crippen molar-refractivity contribution in [3.8, 4) is 5.75 Å². The van der Waals surface area contributed by atoms with Crippen molar-refractivity contribution in [3.63, 3.8) is 0 Å². The van der Waals surface area contributed by atoms with E-state index in [-0.39, 0.29) is 58.0 Å². The van der Waals surface area contributed by atoms with Crippen LogP contribution in [0.5, 0.6) is 5.75 Å². The van der Waals surface area contributed by atoms with E-state index in [0.717, 1.165) is 6.07 Å². The van der Waals surface area contributed by atoms with Gasteiger partial charge in [0.15, 0.2) is 11.6 Å². The van der Waals surface area contributed by atoms with Crippen molar-refractivity contribution < 1.29 is 88.9 Å². The number of alkyl carbamates (subject to hydrolysis) is 1. The second-order valence-electron chi connectivity index (χ2n) is 7.91. The van der Waals surface area contributed by atoms with Gasteiger partial charge >= 0.3 is 73.9 Å². The van der Waals surface area contributed by atoms with Gasteiger partial charge in [-0.05, 0) is 58.9 Å². The monoisotopic (exact) mass is 669 g/mol. The van der Waals surface area contributed by atoms with Gasteiger partial charge in [-0.2, -0.15) is 0 Å². The van der Waals surface area contributed by atoms with Gasteiger partial charge in [0, 0.05) is 57.5 Å². The number of ether oxygens (including phenoxy) is 2. The third kappa shape index (κ3) is 22.6. The second kappa shape index (κ2) is 31.8. The van der Waals surface area contributed by atoms with E-state index in [4.69, 9.17) is 37.4 Å². The first-order valence-electron chi connectivity index (χ1n) is 9.87. The maximum absolute atomic E-state index is 14.6. The van der Waals surface area contributed by atoms with Crippen LogP contribution >= 0.6 is 0 Å². The summed E-state index contributed by atoms with van der Waals surface area (Å²) in [4.78, 5) is 11.6. The van der Waals surface area contributed by atoms with Crippen LogP contribution in [0.3, 0.4) is 0 Å². The molecule has 15 heteroatoms. The predicted molar refractivity (Wildman–Crippen MR) is 118 cm³/mol. The summed E-state index contributed by atoms with van der Waals surface area (Å²) < 4.78 is 98.2. The Morgan fingerprint density at radius 1 is 0.951 bits per heavy atom. The number of fused-ring (bicyclic) bond motifs is 1. The van der Waals surface area contributed by atoms with E-state index < -0.39 is 40.8 Å². The summed E-state index contributed by atoms with van der Waals surface area (Å²) in [7, 11) is 0. The molecule has 41 heavy (non-hydrogen) atoms.